The van der Waals surface area contributed by atoms with Crippen molar-refractivity contribution in [3.8, 4) is 0 Å². The summed E-state index contributed by atoms with van der Waals surface area (Å²) in [6, 6.07) is 5.92. The zero-order chi connectivity index (χ0) is 17.6. The van der Waals surface area contributed by atoms with Crippen molar-refractivity contribution in [1.82, 2.24) is 18.5 Å². The number of carbonyl (C=O) groups excluding carboxylic acids is 1. The van der Waals surface area contributed by atoms with Crippen molar-refractivity contribution in [1.29, 1.82) is 0 Å². The van der Waals surface area contributed by atoms with Crippen LogP contribution in [0.2, 0.25) is 0 Å². The van der Waals surface area contributed by atoms with Gasteiger partial charge in [-0.25, -0.2) is 0 Å². The Balaban J connectivity index is 1.54. The molecular formula is C17H20N4O3S. The molecule has 2 fully saturated rings. The second-order valence-corrected chi connectivity index (χ2v) is 7.56. The van der Waals surface area contributed by atoms with E-state index in [1.54, 1.807) is 4.90 Å². The number of nitrogens with zero attached hydrogens (tertiary/aromatic N) is 4. The standard InChI is InChI=1S/C17H20N4O3S/c1-2-5-21-10-17(16(23)24)9-20(8-12(17)15(21)22)7-11-3-4-13-14(6-11)19-25-18-13/h3-4,6,12H,2,5,7-10H2,1H3,(H,23,24)/t12-,17-/m0/s1. The van der Waals surface area contributed by atoms with Crippen LogP contribution in [0.3, 0.4) is 0 Å². The summed E-state index contributed by atoms with van der Waals surface area (Å²) in [6.07, 6.45) is 0.847. The number of aliphatic carboxylic acids is 1. The largest absolute Gasteiger partial charge is 0.481 e. The lowest BCUT2D eigenvalue weighted by atomic mass is 9.81. The molecule has 3 heterocycles. The smallest absolute Gasteiger partial charge is 0.313 e. The van der Waals surface area contributed by atoms with Crippen LogP contribution in [0, 0.1) is 11.3 Å². The van der Waals surface area contributed by atoms with E-state index in [2.05, 4.69) is 13.6 Å². The maximum Gasteiger partial charge on any atom is 0.313 e. The maximum absolute atomic E-state index is 12.6. The Morgan fingerprint density at radius 1 is 1.36 bits per heavy atom. The molecule has 1 aromatic heterocycles. The van der Waals surface area contributed by atoms with Crippen LogP contribution in [0.5, 0.6) is 0 Å². The summed E-state index contributed by atoms with van der Waals surface area (Å²) >= 11 is 1.18. The molecule has 0 radical (unpaired) electrons. The van der Waals surface area contributed by atoms with E-state index in [1.807, 2.05) is 25.1 Å². The first-order valence-electron chi connectivity index (χ1n) is 8.49. The average molecular weight is 360 g/mol. The number of hydrogen-bond donors (Lipinski definition) is 1. The first-order chi connectivity index (χ1) is 12.0. The van der Waals surface area contributed by atoms with E-state index in [0.29, 0.717) is 32.7 Å². The summed E-state index contributed by atoms with van der Waals surface area (Å²) in [7, 11) is 0. The van der Waals surface area contributed by atoms with Gasteiger partial charge in [-0.3, -0.25) is 14.5 Å². The van der Waals surface area contributed by atoms with Gasteiger partial charge in [0.15, 0.2) is 0 Å². The van der Waals surface area contributed by atoms with Crippen LogP contribution in [0.25, 0.3) is 11.0 Å². The van der Waals surface area contributed by atoms with E-state index in [4.69, 9.17) is 0 Å². The van der Waals surface area contributed by atoms with Crippen LogP contribution in [0.1, 0.15) is 18.9 Å². The second-order valence-electron chi connectivity index (χ2n) is 7.03. The van der Waals surface area contributed by atoms with Crippen molar-refractivity contribution in [2.75, 3.05) is 26.2 Å². The van der Waals surface area contributed by atoms with E-state index in [9.17, 15) is 14.7 Å². The molecule has 8 heteroatoms. The third-order valence-corrected chi connectivity index (χ3v) is 5.90. The van der Waals surface area contributed by atoms with Gasteiger partial charge in [-0.2, -0.15) is 8.75 Å². The summed E-state index contributed by atoms with van der Waals surface area (Å²) in [5.41, 5.74) is 1.83. The molecule has 132 valence electrons. The summed E-state index contributed by atoms with van der Waals surface area (Å²) in [5.74, 6) is -1.31. The predicted molar refractivity (Wildman–Crippen MR) is 93.1 cm³/mol. The minimum atomic E-state index is -0.974. The third-order valence-electron chi connectivity index (χ3n) is 5.34. The molecule has 1 aromatic carbocycles. The van der Waals surface area contributed by atoms with Crippen LogP contribution in [0.15, 0.2) is 18.2 Å². The van der Waals surface area contributed by atoms with Gasteiger partial charge in [-0.15, -0.1) is 0 Å². The molecule has 2 atom stereocenters. The molecule has 0 saturated carbocycles. The number of carboxylic acids is 1. The fourth-order valence-corrected chi connectivity index (χ4v) is 4.69. The van der Waals surface area contributed by atoms with Gasteiger partial charge >= 0.3 is 5.97 Å². The molecule has 4 rings (SSSR count). The van der Waals surface area contributed by atoms with Crippen molar-refractivity contribution < 1.29 is 14.7 Å². The number of rotatable bonds is 5. The fraction of sp³-hybridized carbons (Fsp3) is 0.529. The lowest BCUT2D eigenvalue weighted by molar-refractivity contribution is -0.149. The quantitative estimate of drug-likeness (QED) is 0.868. The van der Waals surface area contributed by atoms with Crippen LogP contribution < -0.4 is 0 Å². The van der Waals surface area contributed by atoms with Gasteiger partial charge in [0, 0.05) is 32.7 Å². The van der Waals surface area contributed by atoms with Gasteiger partial charge in [0.1, 0.15) is 16.4 Å². The molecule has 2 aromatic rings. The van der Waals surface area contributed by atoms with Gasteiger partial charge in [0.25, 0.3) is 0 Å². The highest BCUT2D eigenvalue weighted by atomic mass is 32.1. The Kier molecular flexibility index (Phi) is 3.96. The molecular weight excluding hydrogens is 340 g/mol. The lowest BCUT2D eigenvalue weighted by Gasteiger charge is -2.25. The highest BCUT2D eigenvalue weighted by Crippen LogP contribution is 2.44. The molecule has 2 aliphatic heterocycles. The predicted octanol–water partition coefficient (Wildman–Crippen LogP) is 1.45. The summed E-state index contributed by atoms with van der Waals surface area (Å²) in [4.78, 5) is 28.5. The van der Waals surface area contributed by atoms with Crippen molar-refractivity contribution >= 4 is 34.6 Å². The Morgan fingerprint density at radius 2 is 2.16 bits per heavy atom. The van der Waals surface area contributed by atoms with E-state index >= 15 is 0 Å². The number of carbonyl (C=O) groups is 2. The number of benzene rings is 1. The highest BCUT2D eigenvalue weighted by molar-refractivity contribution is 7.00. The zero-order valence-corrected chi connectivity index (χ0v) is 14.8. The first-order valence-corrected chi connectivity index (χ1v) is 9.22. The summed E-state index contributed by atoms with van der Waals surface area (Å²) in [5, 5.41) is 9.85. The average Bonchev–Trinajstić information content (AvgIpc) is 3.24. The number of amides is 1. The molecule has 25 heavy (non-hydrogen) atoms. The van der Waals surface area contributed by atoms with Crippen molar-refractivity contribution in [2.45, 2.75) is 19.9 Å². The SMILES string of the molecule is CCCN1C[C@@]2(C(=O)O)CN(Cc3ccc4nsnc4c3)C[C@H]2C1=O. The second kappa shape index (κ2) is 6.03. The van der Waals surface area contributed by atoms with Gasteiger partial charge in [-0.05, 0) is 24.1 Å². The van der Waals surface area contributed by atoms with Gasteiger partial charge in [0.2, 0.25) is 5.91 Å². The fourth-order valence-electron chi connectivity index (χ4n) is 4.17. The van der Waals surface area contributed by atoms with Gasteiger partial charge in [0.05, 0.1) is 17.6 Å². The van der Waals surface area contributed by atoms with E-state index in [0.717, 1.165) is 23.0 Å². The monoisotopic (exact) mass is 360 g/mol. The molecule has 7 nitrogen and oxygen atoms in total. The molecule has 2 saturated heterocycles. The van der Waals surface area contributed by atoms with E-state index < -0.39 is 17.3 Å². The van der Waals surface area contributed by atoms with Crippen molar-refractivity contribution in [3.63, 3.8) is 0 Å². The summed E-state index contributed by atoms with van der Waals surface area (Å²) in [6.45, 7) is 4.50. The molecule has 0 spiro atoms. The van der Waals surface area contributed by atoms with Crippen molar-refractivity contribution in [2.24, 2.45) is 11.3 Å². The van der Waals surface area contributed by atoms with Crippen LogP contribution >= 0.6 is 11.7 Å². The Bertz CT molecular complexity index is 838. The summed E-state index contributed by atoms with van der Waals surface area (Å²) < 4.78 is 8.45. The minimum absolute atomic E-state index is 0.00842. The molecule has 0 aliphatic carbocycles. The number of carboxylic acid groups (broad SMARTS) is 1. The van der Waals surface area contributed by atoms with Gasteiger partial charge < -0.3 is 10.0 Å². The van der Waals surface area contributed by atoms with Crippen LogP contribution in [-0.2, 0) is 16.1 Å². The molecule has 1 amide bonds. The molecule has 1 N–H and O–H groups in total. The van der Waals surface area contributed by atoms with E-state index in [-0.39, 0.29) is 5.91 Å². The van der Waals surface area contributed by atoms with Crippen LogP contribution in [0.4, 0.5) is 0 Å². The third kappa shape index (κ3) is 2.60. The Morgan fingerprint density at radius 3 is 2.88 bits per heavy atom. The molecule has 2 aliphatic rings. The molecule has 0 bridgehead atoms. The topological polar surface area (TPSA) is 86.6 Å². The Hall–Kier alpha value is -2.06. The molecule has 0 unspecified atom stereocenters. The zero-order valence-electron chi connectivity index (χ0n) is 14.0. The highest BCUT2D eigenvalue weighted by Gasteiger charge is 2.61. The Labute approximate surface area is 149 Å². The first kappa shape index (κ1) is 16.4. The normalized spacial score (nSPS) is 26.5. The minimum Gasteiger partial charge on any atom is -0.481 e. The number of likely N-dealkylation sites (tertiary alicyclic amines) is 2. The number of fused-ring (bicyclic) bond motifs is 2. The maximum atomic E-state index is 12.6. The number of aromatic nitrogens is 2. The lowest BCUT2D eigenvalue weighted by Crippen LogP contribution is -2.40. The van der Waals surface area contributed by atoms with Gasteiger partial charge in [-0.1, -0.05) is 13.0 Å². The van der Waals surface area contributed by atoms with E-state index in [1.165, 1.54) is 11.7 Å². The number of hydrogen-bond acceptors (Lipinski definition) is 6. The van der Waals surface area contributed by atoms with Crippen LogP contribution in [-0.4, -0.2) is 61.7 Å². The van der Waals surface area contributed by atoms with Crippen molar-refractivity contribution in [3.05, 3.63) is 23.8 Å².